The van der Waals surface area contributed by atoms with Gasteiger partial charge in [0.1, 0.15) is 4.90 Å². The number of halogens is 2. The molecule has 2 aromatic rings. The number of nitrogens with one attached hydrogen (secondary N) is 1. The average molecular weight is 451 g/mol. The van der Waals surface area contributed by atoms with E-state index in [9.17, 15) is 13.2 Å². The summed E-state index contributed by atoms with van der Waals surface area (Å²) in [4.78, 5) is 11.0. The van der Waals surface area contributed by atoms with Crippen molar-refractivity contribution in [2.75, 3.05) is 18.9 Å². The van der Waals surface area contributed by atoms with E-state index in [2.05, 4.69) is 20.7 Å². The van der Waals surface area contributed by atoms with Crippen molar-refractivity contribution in [2.24, 2.45) is 0 Å². The lowest BCUT2D eigenvalue weighted by atomic mass is 10.2. The van der Waals surface area contributed by atoms with Crippen LogP contribution in [0.1, 0.15) is 10.4 Å². The normalized spacial score (nSPS) is 11.0. The molecule has 0 atom stereocenters. The van der Waals surface area contributed by atoms with Crippen molar-refractivity contribution in [1.82, 2.24) is 0 Å². The van der Waals surface area contributed by atoms with Crippen LogP contribution in [0.2, 0.25) is 5.02 Å². The molecular formula is C15H13BrClNO6S. The van der Waals surface area contributed by atoms with Gasteiger partial charge in [0, 0.05) is 16.2 Å². The van der Waals surface area contributed by atoms with Crippen molar-refractivity contribution in [3.05, 3.63) is 45.4 Å². The first kappa shape index (κ1) is 19.4. The van der Waals surface area contributed by atoms with Gasteiger partial charge in [-0.2, -0.15) is 0 Å². The quantitative estimate of drug-likeness (QED) is 0.697. The molecule has 0 aromatic heterocycles. The Labute approximate surface area is 157 Å². The molecule has 0 fully saturated rings. The first-order chi connectivity index (χ1) is 11.7. The lowest BCUT2D eigenvalue weighted by Gasteiger charge is -2.14. The van der Waals surface area contributed by atoms with Gasteiger partial charge >= 0.3 is 5.97 Å². The van der Waals surface area contributed by atoms with E-state index < -0.39 is 16.0 Å². The van der Waals surface area contributed by atoms with Gasteiger partial charge in [0.2, 0.25) is 0 Å². The third kappa shape index (κ3) is 4.17. The minimum Gasteiger partial charge on any atom is -0.493 e. The molecule has 0 saturated heterocycles. The van der Waals surface area contributed by atoms with Crippen molar-refractivity contribution in [1.29, 1.82) is 0 Å². The fraction of sp³-hybridized carbons (Fsp3) is 0.133. The number of benzene rings is 2. The second-order valence-corrected chi connectivity index (χ2v) is 7.66. The van der Waals surface area contributed by atoms with Gasteiger partial charge in [-0.1, -0.05) is 11.6 Å². The van der Waals surface area contributed by atoms with Gasteiger partial charge in [0.25, 0.3) is 10.0 Å². The maximum Gasteiger partial charge on any atom is 0.337 e. The molecule has 0 aliphatic rings. The molecule has 0 aliphatic carbocycles. The number of anilines is 1. The Kier molecular flexibility index (Phi) is 5.81. The number of ether oxygens (including phenoxy) is 2. The van der Waals surface area contributed by atoms with Gasteiger partial charge in [-0.05, 0) is 40.2 Å². The summed E-state index contributed by atoms with van der Waals surface area (Å²) in [5.41, 5.74) is -0.156. The Hall–Kier alpha value is -1.97. The minimum absolute atomic E-state index is 0.00254. The van der Waals surface area contributed by atoms with E-state index in [0.29, 0.717) is 5.75 Å². The van der Waals surface area contributed by atoms with Crippen LogP contribution in [-0.4, -0.2) is 33.7 Å². The van der Waals surface area contributed by atoms with Crippen LogP contribution in [0.15, 0.2) is 39.7 Å². The van der Waals surface area contributed by atoms with Crippen LogP contribution in [-0.2, 0) is 10.0 Å². The Morgan fingerprint density at radius 2 is 1.76 bits per heavy atom. The Balaban J connectivity index is 2.47. The number of hydrogen-bond donors (Lipinski definition) is 2. The fourth-order valence-electron chi connectivity index (χ4n) is 2.00. The third-order valence-corrected chi connectivity index (χ3v) is 5.85. The summed E-state index contributed by atoms with van der Waals surface area (Å²) >= 11 is 8.96. The van der Waals surface area contributed by atoms with Crippen molar-refractivity contribution in [2.45, 2.75) is 4.90 Å². The van der Waals surface area contributed by atoms with E-state index in [1.807, 2.05) is 0 Å². The molecule has 0 radical (unpaired) electrons. The zero-order valence-electron chi connectivity index (χ0n) is 13.0. The minimum atomic E-state index is -4.03. The average Bonchev–Trinajstić information content (AvgIpc) is 2.55. The van der Waals surface area contributed by atoms with Crippen molar-refractivity contribution < 1.29 is 27.8 Å². The van der Waals surface area contributed by atoms with Crippen molar-refractivity contribution in [3.8, 4) is 11.5 Å². The van der Waals surface area contributed by atoms with Gasteiger partial charge in [-0.25, -0.2) is 13.2 Å². The smallest absolute Gasteiger partial charge is 0.337 e. The number of methoxy groups -OCH3 is 2. The highest BCUT2D eigenvalue weighted by Crippen LogP contribution is 2.36. The van der Waals surface area contributed by atoms with Crippen LogP contribution in [0.4, 0.5) is 5.69 Å². The van der Waals surface area contributed by atoms with Crippen LogP contribution in [0.3, 0.4) is 0 Å². The van der Waals surface area contributed by atoms with Crippen LogP contribution >= 0.6 is 27.5 Å². The lowest BCUT2D eigenvalue weighted by Crippen LogP contribution is -2.14. The molecule has 2 N–H and O–H groups in total. The van der Waals surface area contributed by atoms with Crippen LogP contribution in [0, 0.1) is 0 Å². The molecular weight excluding hydrogens is 438 g/mol. The summed E-state index contributed by atoms with van der Waals surface area (Å²) in [6.07, 6.45) is 0. The number of sulfonamides is 1. The zero-order valence-corrected chi connectivity index (χ0v) is 16.2. The number of rotatable bonds is 6. The SMILES string of the molecule is COc1cc(Br)c(S(=O)(=O)Nc2ccc(Cl)c(C(=O)O)c2)cc1OC. The van der Waals surface area contributed by atoms with Gasteiger partial charge in [0.05, 0.1) is 24.8 Å². The van der Waals surface area contributed by atoms with E-state index in [0.717, 1.165) is 6.07 Å². The second-order valence-electron chi connectivity index (χ2n) is 4.74. The molecule has 10 heteroatoms. The lowest BCUT2D eigenvalue weighted by molar-refractivity contribution is 0.0697. The summed E-state index contributed by atoms with van der Waals surface area (Å²) in [6.45, 7) is 0. The van der Waals surface area contributed by atoms with Crippen LogP contribution < -0.4 is 14.2 Å². The van der Waals surface area contributed by atoms with E-state index in [1.165, 1.54) is 38.5 Å². The molecule has 2 rings (SSSR count). The first-order valence-electron chi connectivity index (χ1n) is 6.66. The molecule has 0 unspecified atom stereocenters. The molecule has 0 bridgehead atoms. The third-order valence-electron chi connectivity index (χ3n) is 3.18. The highest BCUT2D eigenvalue weighted by Gasteiger charge is 2.22. The molecule has 0 amide bonds. The Morgan fingerprint density at radius 1 is 1.16 bits per heavy atom. The Bertz CT molecular complexity index is 932. The predicted octanol–water partition coefficient (Wildman–Crippen LogP) is 3.62. The summed E-state index contributed by atoms with van der Waals surface area (Å²) in [6, 6.07) is 6.54. The number of carbonyl (C=O) groups is 1. The zero-order chi connectivity index (χ0) is 18.8. The largest absolute Gasteiger partial charge is 0.493 e. The van der Waals surface area contributed by atoms with Gasteiger partial charge in [-0.15, -0.1) is 0 Å². The molecule has 0 heterocycles. The van der Waals surface area contributed by atoms with Gasteiger partial charge in [0.15, 0.2) is 11.5 Å². The van der Waals surface area contributed by atoms with Gasteiger partial charge in [-0.3, -0.25) is 4.72 Å². The fourth-order valence-corrected chi connectivity index (χ4v) is 4.29. The van der Waals surface area contributed by atoms with Crippen molar-refractivity contribution in [3.63, 3.8) is 0 Å². The molecule has 0 aliphatic heterocycles. The second kappa shape index (κ2) is 7.51. The van der Waals surface area contributed by atoms with E-state index >= 15 is 0 Å². The van der Waals surface area contributed by atoms with Crippen LogP contribution in [0.25, 0.3) is 0 Å². The highest BCUT2D eigenvalue weighted by atomic mass is 79.9. The van der Waals surface area contributed by atoms with Crippen molar-refractivity contribution >= 4 is 49.2 Å². The molecule has 0 saturated carbocycles. The molecule has 7 nitrogen and oxygen atoms in total. The summed E-state index contributed by atoms with van der Waals surface area (Å²) in [7, 11) is -1.21. The monoisotopic (exact) mass is 449 g/mol. The van der Waals surface area contributed by atoms with Crippen LogP contribution in [0.5, 0.6) is 11.5 Å². The molecule has 0 spiro atoms. The van der Waals surface area contributed by atoms with E-state index in [4.69, 9.17) is 26.2 Å². The first-order valence-corrected chi connectivity index (χ1v) is 9.32. The summed E-state index contributed by atoms with van der Waals surface area (Å²) < 4.78 is 38.1. The Morgan fingerprint density at radius 3 is 2.32 bits per heavy atom. The topological polar surface area (TPSA) is 102 Å². The van der Waals surface area contributed by atoms with E-state index in [1.54, 1.807) is 0 Å². The predicted molar refractivity (Wildman–Crippen MR) is 96.5 cm³/mol. The highest BCUT2D eigenvalue weighted by molar-refractivity contribution is 9.10. The standard InChI is InChI=1S/C15H13BrClNO6S/c1-23-12-6-10(16)14(7-13(12)24-2)25(21,22)18-8-3-4-11(17)9(5-8)15(19)20/h3-7,18H,1-2H3,(H,19,20). The maximum absolute atomic E-state index is 12.6. The number of carboxylic acid groups (broad SMARTS) is 1. The van der Waals surface area contributed by atoms with E-state index in [-0.39, 0.29) is 31.4 Å². The summed E-state index contributed by atoms with van der Waals surface area (Å²) in [5, 5.41) is 9.08. The van der Waals surface area contributed by atoms with Gasteiger partial charge < -0.3 is 14.6 Å². The maximum atomic E-state index is 12.6. The number of hydrogen-bond acceptors (Lipinski definition) is 5. The number of carboxylic acids is 1. The molecule has 134 valence electrons. The number of aromatic carboxylic acids is 1. The molecule has 25 heavy (non-hydrogen) atoms. The summed E-state index contributed by atoms with van der Waals surface area (Å²) in [5.74, 6) is -0.681. The molecule has 2 aromatic carbocycles.